The standard InChI is InChI=1S/C10H8F3NO2/c1-5-3-2-4-6-7(5)14-8(15)9(6,16)10(11,12)13/h2-4,16H,1H3,(H,14,15)/t9-/m1/s1. The van der Waals surface area contributed by atoms with Gasteiger partial charge in [-0.05, 0) is 12.5 Å². The highest BCUT2D eigenvalue weighted by atomic mass is 19.4. The molecule has 0 spiro atoms. The normalized spacial score (nSPS) is 24.2. The third kappa shape index (κ3) is 1.16. The fourth-order valence-electron chi connectivity index (χ4n) is 1.74. The number of nitrogens with one attached hydrogen (secondary N) is 1. The molecule has 1 heterocycles. The molecule has 1 aromatic carbocycles. The number of anilines is 1. The molecule has 3 nitrogen and oxygen atoms in total. The molecular formula is C10H8F3NO2. The van der Waals surface area contributed by atoms with Gasteiger partial charge in [-0.2, -0.15) is 13.2 Å². The Balaban J connectivity index is 2.70. The van der Waals surface area contributed by atoms with E-state index in [2.05, 4.69) is 5.32 Å². The van der Waals surface area contributed by atoms with Crippen LogP contribution < -0.4 is 5.32 Å². The fourth-order valence-corrected chi connectivity index (χ4v) is 1.74. The van der Waals surface area contributed by atoms with Crippen molar-refractivity contribution in [2.24, 2.45) is 0 Å². The van der Waals surface area contributed by atoms with E-state index in [1.807, 2.05) is 0 Å². The van der Waals surface area contributed by atoms with Gasteiger partial charge in [-0.3, -0.25) is 4.79 Å². The Morgan fingerprint density at radius 1 is 1.38 bits per heavy atom. The van der Waals surface area contributed by atoms with E-state index in [0.717, 1.165) is 6.07 Å². The molecule has 0 saturated heterocycles. The van der Waals surface area contributed by atoms with Gasteiger partial charge in [-0.1, -0.05) is 18.2 Å². The molecule has 1 aliphatic rings. The molecule has 86 valence electrons. The Morgan fingerprint density at radius 3 is 2.56 bits per heavy atom. The van der Waals surface area contributed by atoms with Gasteiger partial charge in [0.2, 0.25) is 0 Å². The molecule has 0 saturated carbocycles. The van der Waals surface area contributed by atoms with E-state index in [4.69, 9.17) is 0 Å². The van der Waals surface area contributed by atoms with Crippen LogP contribution in [-0.2, 0) is 10.4 Å². The van der Waals surface area contributed by atoms with Crippen molar-refractivity contribution in [3.63, 3.8) is 0 Å². The zero-order valence-corrected chi connectivity index (χ0v) is 8.22. The molecule has 2 N–H and O–H groups in total. The van der Waals surface area contributed by atoms with Crippen LogP contribution in [0.4, 0.5) is 18.9 Å². The lowest BCUT2D eigenvalue weighted by atomic mass is 9.93. The minimum Gasteiger partial charge on any atom is -0.368 e. The maximum Gasteiger partial charge on any atom is 0.430 e. The number of fused-ring (bicyclic) bond motifs is 1. The molecule has 16 heavy (non-hydrogen) atoms. The van der Waals surface area contributed by atoms with Crippen LogP contribution in [0.3, 0.4) is 0 Å². The van der Waals surface area contributed by atoms with E-state index >= 15 is 0 Å². The first-order valence-electron chi connectivity index (χ1n) is 4.49. The van der Waals surface area contributed by atoms with Crippen molar-refractivity contribution in [1.29, 1.82) is 0 Å². The number of alkyl halides is 3. The average molecular weight is 231 g/mol. The maximum absolute atomic E-state index is 12.7. The monoisotopic (exact) mass is 231 g/mol. The number of amides is 1. The third-order valence-electron chi connectivity index (χ3n) is 2.64. The lowest BCUT2D eigenvalue weighted by Gasteiger charge is -2.23. The number of carbonyl (C=O) groups is 1. The summed E-state index contributed by atoms with van der Waals surface area (Å²) in [7, 11) is 0. The average Bonchev–Trinajstić information content (AvgIpc) is 2.43. The van der Waals surface area contributed by atoms with Crippen molar-refractivity contribution in [2.75, 3.05) is 5.32 Å². The van der Waals surface area contributed by atoms with E-state index in [-0.39, 0.29) is 5.69 Å². The summed E-state index contributed by atoms with van der Waals surface area (Å²) in [5.74, 6) is -1.45. The summed E-state index contributed by atoms with van der Waals surface area (Å²) < 4.78 is 38.1. The van der Waals surface area contributed by atoms with Crippen molar-refractivity contribution in [1.82, 2.24) is 0 Å². The summed E-state index contributed by atoms with van der Waals surface area (Å²) in [6.07, 6.45) is -5.03. The van der Waals surface area contributed by atoms with Crippen LogP contribution in [0.1, 0.15) is 11.1 Å². The second-order valence-corrected chi connectivity index (χ2v) is 3.66. The predicted octanol–water partition coefficient (Wildman–Crippen LogP) is 1.70. The Hall–Kier alpha value is -1.56. The molecule has 0 radical (unpaired) electrons. The Kier molecular flexibility index (Phi) is 2.03. The van der Waals surface area contributed by atoms with Crippen LogP contribution in [0.15, 0.2) is 18.2 Å². The Bertz CT molecular complexity index is 470. The van der Waals surface area contributed by atoms with E-state index in [9.17, 15) is 23.1 Å². The smallest absolute Gasteiger partial charge is 0.368 e. The van der Waals surface area contributed by atoms with Crippen molar-refractivity contribution in [2.45, 2.75) is 18.7 Å². The predicted molar refractivity (Wildman–Crippen MR) is 49.8 cm³/mol. The number of aryl methyl sites for hydroxylation is 1. The number of hydrogen-bond acceptors (Lipinski definition) is 2. The van der Waals surface area contributed by atoms with Gasteiger partial charge in [0.05, 0.1) is 5.69 Å². The van der Waals surface area contributed by atoms with Gasteiger partial charge in [-0.25, -0.2) is 0 Å². The first-order chi connectivity index (χ1) is 7.28. The minimum atomic E-state index is -5.03. The molecule has 0 fully saturated rings. The zero-order valence-electron chi connectivity index (χ0n) is 8.22. The summed E-state index contributed by atoms with van der Waals surface area (Å²) in [6, 6.07) is 4.01. The minimum absolute atomic E-state index is 0.0346. The summed E-state index contributed by atoms with van der Waals surface area (Å²) in [5, 5.41) is 11.6. The van der Waals surface area contributed by atoms with E-state index < -0.39 is 23.2 Å². The van der Waals surface area contributed by atoms with Gasteiger partial charge in [0.15, 0.2) is 0 Å². The second kappa shape index (κ2) is 2.98. The molecule has 2 rings (SSSR count). The van der Waals surface area contributed by atoms with E-state index in [1.54, 1.807) is 13.0 Å². The molecule has 0 bridgehead atoms. The number of para-hydroxylation sites is 1. The van der Waals surface area contributed by atoms with E-state index in [0.29, 0.717) is 5.56 Å². The lowest BCUT2D eigenvalue weighted by molar-refractivity contribution is -0.252. The van der Waals surface area contributed by atoms with E-state index in [1.165, 1.54) is 6.07 Å². The Labute approximate surface area is 88.9 Å². The van der Waals surface area contributed by atoms with Crippen LogP contribution in [0.5, 0.6) is 0 Å². The number of benzene rings is 1. The molecule has 1 atom stereocenters. The van der Waals surface area contributed by atoms with Crippen molar-refractivity contribution in [3.05, 3.63) is 29.3 Å². The van der Waals surface area contributed by atoms with Crippen molar-refractivity contribution < 1.29 is 23.1 Å². The molecule has 0 unspecified atom stereocenters. The number of rotatable bonds is 0. The number of carbonyl (C=O) groups excluding carboxylic acids is 1. The largest absolute Gasteiger partial charge is 0.430 e. The highest BCUT2D eigenvalue weighted by molar-refractivity contribution is 6.06. The lowest BCUT2D eigenvalue weighted by Crippen LogP contribution is -2.47. The highest BCUT2D eigenvalue weighted by Crippen LogP contribution is 2.47. The van der Waals surface area contributed by atoms with Gasteiger partial charge in [0, 0.05) is 5.56 Å². The van der Waals surface area contributed by atoms with Crippen LogP contribution in [0.25, 0.3) is 0 Å². The SMILES string of the molecule is Cc1cccc2c1NC(=O)[C@@]2(O)C(F)(F)F. The van der Waals surface area contributed by atoms with Gasteiger partial charge in [0.1, 0.15) is 0 Å². The number of halogens is 3. The van der Waals surface area contributed by atoms with Gasteiger partial charge in [0.25, 0.3) is 11.5 Å². The van der Waals surface area contributed by atoms with Crippen LogP contribution in [-0.4, -0.2) is 17.2 Å². The summed E-state index contributed by atoms with van der Waals surface area (Å²) in [6.45, 7) is 1.56. The summed E-state index contributed by atoms with van der Waals surface area (Å²) >= 11 is 0. The highest BCUT2D eigenvalue weighted by Gasteiger charge is 2.64. The molecule has 1 aromatic rings. The van der Waals surface area contributed by atoms with Crippen molar-refractivity contribution >= 4 is 11.6 Å². The van der Waals surface area contributed by atoms with Gasteiger partial charge < -0.3 is 10.4 Å². The summed E-state index contributed by atoms with van der Waals surface area (Å²) in [4.78, 5) is 11.3. The second-order valence-electron chi connectivity index (χ2n) is 3.66. The molecular weight excluding hydrogens is 223 g/mol. The number of aliphatic hydroxyl groups is 1. The first-order valence-corrected chi connectivity index (χ1v) is 4.49. The fraction of sp³-hybridized carbons (Fsp3) is 0.300. The molecule has 1 aliphatic heterocycles. The molecule has 6 heteroatoms. The van der Waals surface area contributed by atoms with Gasteiger partial charge in [-0.15, -0.1) is 0 Å². The van der Waals surface area contributed by atoms with Crippen LogP contribution in [0.2, 0.25) is 0 Å². The third-order valence-corrected chi connectivity index (χ3v) is 2.64. The quantitative estimate of drug-likeness (QED) is 0.713. The van der Waals surface area contributed by atoms with Gasteiger partial charge >= 0.3 is 6.18 Å². The maximum atomic E-state index is 12.7. The molecule has 0 aliphatic carbocycles. The number of hydrogen-bond donors (Lipinski definition) is 2. The van der Waals surface area contributed by atoms with Crippen LogP contribution >= 0.6 is 0 Å². The first kappa shape index (κ1) is 10.9. The zero-order chi connectivity index (χ0) is 12.1. The van der Waals surface area contributed by atoms with Crippen LogP contribution in [0, 0.1) is 6.92 Å². The molecule has 0 aromatic heterocycles. The van der Waals surface area contributed by atoms with Crippen molar-refractivity contribution in [3.8, 4) is 0 Å². The molecule has 1 amide bonds. The Morgan fingerprint density at radius 2 is 2.00 bits per heavy atom. The topological polar surface area (TPSA) is 49.3 Å². The summed E-state index contributed by atoms with van der Waals surface area (Å²) in [5.41, 5.74) is -3.36.